The molecule has 3 nitrogen and oxygen atoms in total. The summed E-state index contributed by atoms with van der Waals surface area (Å²) in [7, 11) is 0. The van der Waals surface area contributed by atoms with Crippen LogP contribution in [0.2, 0.25) is 0 Å². The fourth-order valence-corrected chi connectivity index (χ4v) is 3.27. The van der Waals surface area contributed by atoms with Crippen LogP contribution in [0.1, 0.15) is 49.8 Å². The van der Waals surface area contributed by atoms with Gasteiger partial charge in [0, 0.05) is 12.6 Å². The van der Waals surface area contributed by atoms with Crippen molar-refractivity contribution < 1.29 is 9.53 Å². The Morgan fingerprint density at radius 3 is 2.85 bits per heavy atom. The van der Waals surface area contributed by atoms with E-state index in [1.165, 1.54) is 17.5 Å². The standard InChI is InChI=1S/C17H23NO2/c1-2-20-12-17(19)18(14-10-11-14)16-9-5-7-13-6-3-4-8-15(13)16/h3-4,6,8,14,16H,2,5,7,9-12H2,1H3. The van der Waals surface area contributed by atoms with Gasteiger partial charge >= 0.3 is 0 Å². The number of benzene rings is 1. The Balaban J connectivity index is 1.83. The minimum atomic E-state index is 0.163. The summed E-state index contributed by atoms with van der Waals surface area (Å²) in [5.74, 6) is 0.163. The summed E-state index contributed by atoms with van der Waals surface area (Å²) in [5, 5.41) is 0. The number of hydrogen-bond donors (Lipinski definition) is 0. The Morgan fingerprint density at radius 2 is 2.10 bits per heavy atom. The monoisotopic (exact) mass is 273 g/mol. The first kappa shape index (κ1) is 13.6. The normalized spacial score (nSPS) is 21.4. The Kier molecular flexibility index (Phi) is 4.06. The van der Waals surface area contributed by atoms with Crippen molar-refractivity contribution in [2.75, 3.05) is 13.2 Å². The van der Waals surface area contributed by atoms with E-state index in [9.17, 15) is 4.79 Å². The van der Waals surface area contributed by atoms with Crippen molar-refractivity contribution >= 4 is 5.91 Å². The van der Waals surface area contributed by atoms with E-state index in [1.807, 2.05) is 6.92 Å². The predicted molar refractivity (Wildman–Crippen MR) is 78.5 cm³/mol. The zero-order chi connectivity index (χ0) is 13.9. The van der Waals surface area contributed by atoms with Gasteiger partial charge in [-0.2, -0.15) is 0 Å². The molecule has 2 aliphatic rings. The van der Waals surface area contributed by atoms with Gasteiger partial charge in [-0.25, -0.2) is 0 Å². The van der Waals surface area contributed by atoms with Gasteiger partial charge in [-0.05, 0) is 50.2 Å². The SMILES string of the molecule is CCOCC(=O)N(C1CC1)C1CCCc2ccccc21. The van der Waals surface area contributed by atoms with Crippen LogP contribution in [0, 0.1) is 0 Å². The van der Waals surface area contributed by atoms with Crippen LogP contribution in [0.4, 0.5) is 0 Å². The Bertz CT molecular complexity index is 482. The molecule has 108 valence electrons. The van der Waals surface area contributed by atoms with Gasteiger partial charge in [-0.1, -0.05) is 24.3 Å². The lowest BCUT2D eigenvalue weighted by molar-refractivity contribution is -0.139. The molecular weight excluding hydrogens is 250 g/mol. The topological polar surface area (TPSA) is 29.5 Å². The number of carbonyl (C=O) groups is 1. The molecule has 1 saturated carbocycles. The lowest BCUT2D eigenvalue weighted by atomic mass is 9.86. The van der Waals surface area contributed by atoms with Crippen LogP contribution in [0.5, 0.6) is 0 Å². The molecule has 1 aromatic carbocycles. The van der Waals surface area contributed by atoms with Gasteiger partial charge < -0.3 is 9.64 Å². The van der Waals surface area contributed by atoms with Crippen molar-refractivity contribution in [2.45, 2.75) is 51.1 Å². The number of amides is 1. The maximum atomic E-state index is 12.5. The largest absolute Gasteiger partial charge is 0.372 e. The number of rotatable bonds is 5. The van der Waals surface area contributed by atoms with E-state index >= 15 is 0 Å². The quantitative estimate of drug-likeness (QED) is 0.825. The van der Waals surface area contributed by atoms with E-state index in [-0.39, 0.29) is 18.6 Å². The smallest absolute Gasteiger partial charge is 0.249 e. The molecular formula is C17H23NO2. The second-order valence-corrected chi connectivity index (χ2v) is 5.78. The summed E-state index contributed by atoms with van der Waals surface area (Å²) < 4.78 is 5.34. The highest BCUT2D eigenvalue weighted by Crippen LogP contribution is 2.40. The van der Waals surface area contributed by atoms with Crippen molar-refractivity contribution in [3.63, 3.8) is 0 Å². The number of ether oxygens (including phenoxy) is 1. The molecule has 1 atom stereocenters. The predicted octanol–water partition coefficient (Wildman–Crippen LogP) is 3.09. The van der Waals surface area contributed by atoms with Gasteiger partial charge in [-0.15, -0.1) is 0 Å². The summed E-state index contributed by atoms with van der Waals surface area (Å²) in [6.07, 6.45) is 5.70. The van der Waals surface area contributed by atoms with E-state index in [4.69, 9.17) is 4.74 Å². The summed E-state index contributed by atoms with van der Waals surface area (Å²) in [5.41, 5.74) is 2.77. The third kappa shape index (κ3) is 2.73. The van der Waals surface area contributed by atoms with Gasteiger partial charge in [0.1, 0.15) is 6.61 Å². The van der Waals surface area contributed by atoms with Crippen LogP contribution in [-0.2, 0) is 16.0 Å². The zero-order valence-corrected chi connectivity index (χ0v) is 12.2. The molecule has 2 aliphatic carbocycles. The van der Waals surface area contributed by atoms with Crippen LogP contribution in [-0.4, -0.2) is 30.1 Å². The molecule has 1 fully saturated rings. The molecule has 0 radical (unpaired) electrons. The molecule has 0 N–H and O–H groups in total. The fraction of sp³-hybridized carbons (Fsp3) is 0.588. The first-order chi connectivity index (χ1) is 9.81. The second kappa shape index (κ2) is 5.96. The first-order valence-corrected chi connectivity index (χ1v) is 7.78. The number of hydrogen-bond acceptors (Lipinski definition) is 2. The van der Waals surface area contributed by atoms with Crippen molar-refractivity contribution in [3.8, 4) is 0 Å². The summed E-state index contributed by atoms with van der Waals surface area (Å²) in [6.45, 7) is 2.77. The van der Waals surface area contributed by atoms with Crippen molar-refractivity contribution in [2.24, 2.45) is 0 Å². The van der Waals surface area contributed by atoms with E-state index in [0.29, 0.717) is 12.6 Å². The Morgan fingerprint density at radius 1 is 1.30 bits per heavy atom. The highest BCUT2D eigenvalue weighted by molar-refractivity contribution is 5.78. The van der Waals surface area contributed by atoms with Gasteiger partial charge in [-0.3, -0.25) is 4.79 Å². The average Bonchev–Trinajstić information content (AvgIpc) is 3.30. The lowest BCUT2D eigenvalue weighted by Gasteiger charge is -2.36. The van der Waals surface area contributed by atoms with Gasteiger partial charge in [0.2, 0.25) is 5.91 Å². The first-order valence-electron chi connectivity index (χ1n) is 7.78. The van der Waals surface area contributed by atoms with Crippen molar-refractivity contribution in [1.29, 1.82) is 0 Å². The molecule has 0 bridgehead atoms. The molecule has 0 spiro atoms. The van der Waals surface area contributed by atoms with E-state index in [0.717, 1.165) is 25.7 Å². The van der Waals surface area contributed by atoms with E-state index < -0.39 is 0 Å². The maximum Gasteiger partial charge on any atom is 0.249 e. The summed E-state index contributed by atoms with van der Waals surface area (Å²) in [6, 6.07) is 9.31. The van der Waals surface area contributed by atoms with Crippen LogP contribution < -0.4 is 0 Å². The molecule has 1 aromatic rings. The van der Waals surface area contributed by atoms with E-state index in [1.54, 1.807) is 0 Å². The molecule has 20 heavy (non-hydrogen) atoms. The average molecular weight is 273 g/mol. The van der Waals surface area contributed by atoms with Crippen LogP contribution in [0.25, 0.3) is 0 Å². The molecule has 0 aliphatic heterocycles. The van der Waals surface area contributed by atoms with Crippen LogP contribution in [0.3, 0.4) is 0 Å². The van der Waals surface area contributed by atoms with E-state index in [2.05, 4.69) is 29.2 Å². The maximum absolute atomic E-state index is 12.5. The fourth-order valence-electron chi connectivity index (χ4n) is 3.27. The summed E-state index contributed by atoms with van der Waals surface area (Å²) in [4.78, 5) is 14.6. The number of aryl methyl sites for hydroxylation is 1. The third-order valence-corrected chi connectivity index (χ3v) is 4.33. The van der Waals surface area contributed by atoms with Crippen LogP contribution >= 0.6 is 0 Å². The minimum Gasteiger partial charge on any atom is -0.372 e. The molecule has 0 saturated heterocycles. The second-order valence-electron chi connectivity index (χ2n) is 5.78. The Labute approximate surface area is 120 Å². The van der Waals surface area contributed by atoms with Crippen molar-refractivity contribution in [3.05, 3.63) is 35.4 Å². The molecule has 0 heterocycles. The lowest BCUT2D eigenvalue weighted by Crippen LogP contribution is -2.40. The summed E-state index contributed by atoms with van der Waals surface area (Å²) >= 11 is 0. The molecule has 0 aromatic heterocycles. The molecule has 3 heteroatoms. The highest BCUT2D eigenvalue weighted by atomic mass is 16.5. The molecule has 1 amide bonds. The number of carbonyl (C=O) groups excluding carboxylic acids is 1. The third-order valence-electron chi connectivity index (χ3n) is 4.33. The van der Waals surface area contributed by atoms with Gasteiger partial charge in [0.25, 0.3) is 0 Å². The molecule has 1 unspecified atom stereocenters. The minimum absolute atomic E-state index is 0.163. The number of nitrogens with zero attached hydrogens (tertiary/aromatic N) is 1. The molecule has 3 rings (SSSR count). The zero-order valence-electron chi connectivity index (χ0n) is 12.2. The highest BCUT2D eigenvalue weighted by Gasteiger charge is 2.39. The van der Waals surface area contributed by atoms with Crippen LogP contribution in [0.15, 0.2) is 24.3 Å². The van der Waals surface area contributed by atoms with Crippen molar-refractivity contribution in [1.82, 2.24) is 4.90 Å². The number of fused-ring (bicyclic) bond motifs is 1. The Hall–Kier alpha value is -1.35. The van der Waals surface area contributed by atoms with Gasteiger partial charge in [0.15, 0.2) is 0 Å². The van der Waals surface area contributed by atoms with Gasteiger partial charge in [0.05, 0.1) is 6.04 Å².